The number of hydrogen-bond donors (Lipinski definition) is 0. The van der Waals surface area contributed by atoms with Crippen LogP contribution in [0.2, 0.25) is 0 Å². The smallest absolute Gasteiger partial charge is 0.155 e. The summed E-state index contributed by atoms with van der Waals surface area (Å²) in [6.45, 7) is 8.71. The van der Waals surface area contributed by atoms with Crippen molar-refractivity contribution in [1.29, 1.82) is 0 Å². The fourth-order valence-electron chi connectivity index (χ4n) is 9.39. The van der Waals surface area contributed by atoms with Crippen molar-refractivity contribution in [3.63, 3.8) is 0 Å². The highest BCUT2D eigenvalue weighted by Crippen LogP contribution is 2.50. The maximum Gasteiger partial charge on any atom is 0.155 e. The van der Waals surface area contributed by atoms with E-state index in [2.05, 4.69) is 181 Å². The third kappa shape index (κ3) is 6.84. The molecule has 1 aliphatic heterocycles. The Morgan fingerprint density at radius 2 is 1.40 bits per heavy atom. The molecule has 2 aliphatic carbocycles. The summed E-state index contributed by atoms with van der Waals surface area (Å²) in [6, 6.07) is 56.7. The Kier molecular flexibility index (Phi) is 9.70. The minimum absolute atomic E-state index is 0.275. The van der Waals surface area contributed by atoms with E-state index in [0.717, 1.165) is 92.7 Å². The molecule has 0 fully saturated rings. The molecule has 5 heteroatoms. The van der Waals surface area contributed by atoms with Gasteiger partial charge in [0, 0.05) is 68.4 Å². The van der Waals surface area contributed by atoms with Crippen LogP contribution in [-0.4, -0.2) is 0 Å². The summed E-state index contributed by atoms with van der Waals surface area (Å²) in [7, 11) is 0. The standard InChI is InChI=1S/C58H44N2O3/c1-3-46-55(62-45-26-17-25-43(37-45)59(41-21-9-5-10-22-41)52-30-15-13-27-47(52)40-19-7-4-8-20-40)36-35-50-49-34-33-44(38-56(49)61-39(2)57(46)50)60(42-23-11-6-12-24-42)53-31-18-29-51-48-28-14-16-32-54(48)63-58(51)53/h3-17,19,21-28,30-38,40H,1-2,18,20,29H2. The van der Waals surface area contributed by atoms with Crippen LogP contribution in [0.25, 0.3) is 39.6 Å². The number of hydrogen-bond acceptors (Lipinski definition) is 5. The Bertz CT molecular complexity index is 3150. The maximum absolute atomic E-state index is 6.79. The van der Waals surface area contributed by atoms with E-state index in [1.54, 1.807) is 0 Å². The normalized spacial score (nSPS) is 14.8. The number of para-hydroxylation sites is 4. The molecular weight excluding hydrogens is 773 g/mol. The number of furan rings is 1. The Balaban J connectivity index is 0.945. The van der Waals surface area contributed by atoms with E-state index in [0.29, 0.717) is 17.3 Å². The highest BCUT2D eigenvalue weighted by Gasteiger charge is 2.30. The van der Waals surface area contributed by atoms with Crippen molar-refractivity contribution in [1.82, 2.24) is 0 Å². The SMILES string of the molecule is C=Cc1c(Oc2cccc(N(c3ccccc3)c3ccccc3C3C=CC=CC3)c2)ccc2c1C(=C)Oc1cc(N(C3=CCCc4c3oc3ccccc43)c3ccccc3)ccc1-2. The molecule has 1 aromatic heterocycles. The van der Waals surface area contributed by atoms with Gasteiger partial charge in [-0.3, -0.25) is 0 Å². The molecule has 7 aromatic carbocycles. The molecule has 0 N–H and O–H groups in total. The first kappa shape index (κ1) is 37.9. The van der Waals surface area contributed by atoms with Gasteiger partial charge in [-0.05, 0) is 103 Å². The summed E-state index contributed by atoms with van der Waals surface area (Å²) >= 11 is 0. The quantitative estimate of drug-likeness (QED) is 0.137. The lowest BCUT2D eigenvalue weighted by Crippen LogP contribution is -2.18. The summed E-state index contributed by atoms with van der Waals surface area (Å²) < 4.78 is 20.0. The van der Waals surface area contributed by atoms with E-state index in [9.17, 15) is 0 Å². The molecule has 8 aromatic rings. The average molecular weight is 817 g/mol. The fraction of sp³-hybridized carbons (Fsp3) is 0.0690. The molecule has 304 valence electrons. The van der Waals surface area contributed by atoms with Crippen molar-refractivity contribution < 1.29 is 13.9 Å². The number of allylic oxidation sites excluding steroid dienone is 5. The first-order valence-corrected chi connectivity index (χ1v) is 21.6. The first-order chi connectivity index (χ1) is 31.1. The molecule has 11 rings (SSSR count). The van der Waals surface area contributed by atoms with Crippen LogP contribution in [0.15, 0.2) is 212 Å². The van der Waals surface area contributed by atoms with Gasteiger partial charge in [0.05, 0.1) is 11.4 Å². The second-order valence-electron chi connectivity index (χ2n) is 16.0. The Labute approximate surface area is 368 Å². The van der Waals surface area contributed by atoms with Crippen LogP contribution in [0, 0.1) is 0 Å². The van der Waals surface area contributed by atoms with Gasteiger partial charge in [-0.15, -0.1) is 0 Å². The fourth-order valence-corrected chi connectivity index (χ4v) is 9.39. The van der Waals surface area contributed by atoms with Crippen molar-refractivity contribution >= 4 is 56.9 Å². The van der Waals surface area contributed by atoms with Crippen LogP contribution in [0.3, 0.4) is 0 Å². The topological polar surface area (TPSA) is 38.1 Å². The van der Waals surface area contributed by atoms with Gasteiger partial charge in [0.1, 0.15) is 28.6 Å². The van der Waals surface area contributed by atoms with Gasteiger partial charge < -0.3 is 23.7 Å². The summed E-state index contributed by atoms with van der Waals surface area (Å²) in [5.41, 5.74) is 13.2. The zero-order valence-electron chi connectivity index (χ0n) is 34.8. The number of ether oxygens (including phenoxy) is 2. The highest BCUT2D eigenvalue weighted by atomic mass is 16.5. The number of nitrogens with zero attached hydrogens (tertiary/aromatic N) is 2. The summed E-state index contributed by atoms with van der Waals surface area (Å²) in [4.78, 5) is 4.58. The van der Waals surface area contributed by atoms with Crippen LogP contribution in [-0.2, 0) is 6.42 Å². The van der Waals surface area contributed by atoms with Gasteiger partial charge in [-0.25, -0.2) is 0 Å². The molecule has 5 nitrogen and oxygen atoms in total. The van der Waals surface area contributed by atoms with Crippen molar-refractivity contribution in [2.24, 2.45) is 0 Å². The van der Waals surface area contributed by atoms with E-state index < -0.39 is 0 Å². The maximum atomic E-state index is 6.79. The van der Waals surface area contributed by atoms with Crippen LogP contribution < -0.4 is 19.3 Å². The van der Waals surface area contributed by atoms with Crippen molar-refractivity contribution in [2.75, 3.05) is 9.80 Å². The Hall–Kier alpha value is -8.02. The molecule has 1 atom stereocenters. The van der Waals surface area contributed by atoms with Crippen LogP contribution in [0.5, 0.6) is 17.2 Å². The van der Waals surface area contributed by atoms with E-state index in [1.807, 2.05) is 42.5 Å². The molecule has 0 saturated carbocycles. The molecule has 3 aliphatic rings. The van der Waals surface area contributed by atoms with Gasteiger partial charge in [0.25, 0.3) is 0 Å². The zero-order chi connectivity index (χ0) is 42.3. The molecule has 0 bridgehead atoms. The third-order valence-corrected chi connectivity index (χ3v) is 12.2. The molecular formula is C58H44N2O3. The van der Waals surface area contributed by atoms with Crippen LogP contribution in [0.4, 0.5) is 28.4 Å². The minimum Gasteiger partial charge on any atom is -0.457 e. The molecule has 0 saturated heterocycles. The van der Waals surface area contributed by atoms with Crippen LogP contribution >= 0.6 is 0 Å². The van der Waals surface area contributed by atoms with Crippen LogP contribution in [0.1, 0.15) is 46.8 Å². The lowest BCUT2D eigenvalue weighted by Gasteiger charge is -2.31. The van der Waals surface area contributed by atoms with E-state index >= 15 is 0 Å². The number of anilines is 5. The first-order valence-electron chi connectivity index (χ1n) is 21.6. The summed E-state index contributed by atoms with van der Waals surface area (Å²) in [5.74, 6) is 3.80. The van der Waals surface area contributed by atoms with Gasteiger partial charge in [0.2, 0.25) is 0 Å². The van der Waals surface area contributed by atoms with E-state index in [4.69, 9.17) is 13.9 Å². The predicted octanol–water partition coefficient (Wildman–Crippen LogP) is 16.1. The number of rotatable bonds is 10. The monoisotopic (exact) mass is 816 g/mol. The third-order valence-electron chi connectivity index (χ3n) is 12.2. The van der Waals surface area contributed by atoms with Crippen molar-refractivity contribution in [3.05, 3.63) is 235 Å². The Morgan fingerprint density at radius 1 is 0.667 bits per heavy atom. The predicted molar refractivity (Wildman–Crippen MR) is 260 cm³/mol. The lowest BCUT2D eigenvalue weighted by atomic mass is 9.90. The number of benzene rings is 7. The van der Waals surface area contributed by atoms with Crippen molar-refractivity contribution in [3.8, 4) is 28.4 Å². The molecule has 2 heterocycles. The van der Waals surface area contributed by atoms with Gasteiger partial charge in [0.15, 0.2) is 5.76 Å². The van der Waals surface area contributed by atoms with E-state index in [1.165, 1.54) is 16.5 Å². The molecule has 0 spiro atoms. The van der Waals surface area contributed by atoms with Gasteiger partial charge >= 0.3 is 0 Å². The van der Waals surface area contributed by atoms with Crippen molar-refractivity contribution in [2.45, 2.75) is 25.2 Å². The van der Waals surface area contributed by atoms with Gasteiger partial charge in [-0.1, -0.05) is 128 Å². The largest absolute Gasteiger partial charge is 0.457 e. The molecule has 0 amide bonds. The number of aryl methyl sites for hydroxylation is 1. The summed E-state index contributed by atoms with van der Waals surface area (Å²) in [6.07, 6.45) is 15.7. The zero-order valence-corrected chi connectivity index (χ0v) is 34.8. The average Bonchev–Trinajstić information content (AvgIpc) is 3.73. The molecule has 0 radical (unpaired) electrons. The molecule has 63 heavy (non-hydrogen) atoms. The van der Waals surface area contributed by atoms with Gasteiger partial charge in [-0.2, -0.15) is 0 Å². The molecule has 1 unspecified atom stereocenters. The lowest BCUT2D eigenvalue weighted by molar-refractivity contribution is 0.478. The summed E-state index contributed by atoms with van der Waals surface area (Å²) in [5, 5.41) is 1.17. The minimum atomic E-state index is 0.275. The Morgan fingerprint density at radius 3 is 2.21 bits per heavy atom. The number of fused-ring (bicyclic) bond motifs is 6. The second-order valence-corrected chi connectivity index (χ2v) is 16.0. The van der Waals surface area contributed by atoms with E-state index in [-0.39, 0.29) is 5.92 Å². The highest BCUT2D eigenvalue weighted by molar-refractivity contribution is 5.97. The second kappa shape index (κ2) is 16.1.